The molecule has 1 aromatic carbocycles. The molecule has 92 valence electrons. The van der Waals surface area contributed by atoms with Crippen molar-refractivity contribution >= 4 is 5.69 Å². The van der Waals surface area contributed by atoms with E-state index in [9.17, 15) is 0 Å². The highest BCUT2D eigenvalue weighted by atomic mass is 15.0. The molecule has 2 heteroatoms. The summed E-state index contributed by atoms with van der Waals surface area (Å²) in [5.41, 5.74) is 3.00. The minimum Gasteiger partial charge on any atom is -0.379 e. The zero-order chi connectivity index (χ0) is 12.9. The van der Waals surface area contributed by atoms with Gasteiger partial charge in [0, 0.05) is 5.54 Å². The quantitative estimate of drug-likeness (QED) is 0.821. The minimum absolute atomic E-state index is 0.111. The molecule has 0 aliphatic carbocycles. The Balaban J connectivity index is 3.09. The van der Waals surface area contributed by atoms with Crippen molar-refractivity contribution < 1.29 is 0 Å². The Labute approximate surface area is 105 Å². The van der Waals surface area contributed by atoms with Crippen molar-refractivity contribution in [3.8, 4) is 6.07 Å². The van der Waals surface area contributed by atoms with Crippen molar-refractivity contribution in [2.24, 2.45) is 0 Å². The smallest absolute Gasteiger partial charge is 0.101 e. The van der Waals surface area contributed by atoms with E-state index in [-0.39, 0.29) is 5.54 Å². The van der Waals surface area contributed by atoms with E-state index in [0.717, 1.165) is 30.5 Å². The van der Waals surface area contributed by atoms with E-state index in [1.165, 1.54) is 5.56 Å². The van der Waals surface area contributed by atoms with Crippen molar-refractivity contribution in [2.75, 3.05) is 5.32 Å². The van der Waals surface area contributed by atoms with Gasteiger partial charge in [-0.2, -0.15) is 5.26 Å². The van der Waals surface area contributed by atoms with E-state index >= 15 is 0 Å². The summed E-state index contributed by atoms with van der Waals surface area (Å²) in [6, 6.07) is 8.19. The molecule has 0 unspecified atom stereocenters. The van der Waals surface area contributed by atoms with Crippen molar-refractivity contribution in [1.29, 1.82) is 5.26 Å². The molecule has 0 bridgehead atoms. The van der Waals surface area contributed by atoms with Crippen LogP contribution in [-0.2, 0) is 0 Å². The molecular formula is C15H22N2. The summed E-state index contributed by atoms with van der Waals surface area (Å²) in [5.74, 6) is 0. The summed E-state index contributed by atoms with van der Waals surface area (Å²) in [4.78, 5) is 0. The number of benzene rings is 1. The van der Waals surface area contributed by atoms with Crippen LogP contribution in [0.4, 0.5) is 5.69 Å². The molecule has 1 N–H and O–H groups in total. The van der Waals surface area contributed by atoms with E-state index < -0.39 is 0 Å². The molecule has 0 radical (unpaired) electrons. The molecule has 0 amide bonds. The Morgan fingerprint density at radius 2 is 1.76 bits per heavy atom. The lowest BCUT2D eigenvalue weighted by atomic mass is 9.89. The first kappa shape index (κ1) is 13.6. The fourth-order valence-corrected chi connectivity index (χ4v) is 2.16. The normalized spacial score (nSPS) is 11.0. The molecule has 0 aliphatic rings. The Kier molecular flexibility index (Phi) is 4.57. The predicted molar refractivity (Wildman–Crippen MR) is 73.1 cm³/mol. The number of anilines is 1. The Morgan fingerprint density at radius 1 is 1.18 bits per heavy atom. The number of rotatable bonds is 5. The summed E-state index contributed by atoms with van der Waals surface area (Å²) in [6.07, 6.45) is 3.20. The molecule has 0 aromatic heterocycles. The van der Waals surface area contributed by atoms with E-state index in [4.69, 9.17) is 5.26 Å². The van der Waals surface area contributed by atoms with E-state index in [1.54, 1.807) is 0 Å². The topological polar surface area (TPSA) is 35.8 Å². The fraction of sp³-hybridized carbons (Fsp3) is 0.533. The third-order valence-electron chi connectivity index (χ3n) is 3.73. The lowest BCUT2D eigenvalue weighted by molar-refractivity contribution is 0.420. The lowest BCUT2D eigenvalue weighted by Gasteiger charge is -2.33. The van der Waals surface area contributed by atoms with Crippen LogP contribution in [0.15, 0.2) is 18.2 Å². The zero-order valence-corrected chi connectivity index (χ0v) is 11.3. The van der Waals surface area contributed by atoms with Gasteiger partial charge in [-0.25, -0.2) is 0 Å². The average Bonchev–Trinajstić information content (AvgIpc) is 2.36. The van der Waals surface area contributed by atoms with Crippen LogP contribution in [0.2, 0.25) is 0 Å². The minimum atomic E-state index is 0.111. The third kappa shape index (κ3) is 3.00. The van der Waals surface area contributed by atoms with Crippen molar-refractivity contribution in [1.82, 2.24) is 0 Å². The van der Waals surface area contributed by atoms with Crippen molar-refractivity contribution in [3.63, 3.8) is 0 Å². The number of nitrogens with zero attached hydrogens (tertiary/aromatic N) is 1. The number of aryl methyl sites for hydroxylation is 1. The van der Waals surface area contributed by atoms with Crippen molar-refractivity contribution in [3.05, 3.63) is 29.3 Å². The van der Waals surface area contributed by atoms with Crippen LogP contribution in [-0.4, -0.2) is 5.54 Å². The monoisotopic (exact) mass is 230 g/mol. The van der Waals surface area contributed by atoms with Gasteiger partial charge in [-0.3, -0.25) is 0 Å². The Bertz CT molecular complexity index is 403. The molecule has 17 heavy (non-hydrogen) atoms. The average molecular weight is 230 g/mol. The van der Waals surface area contributed by atoms with Crippen LogP contribution < -0.4 is 5.32 Å². The molecule has 2 nitrogen and oxygen atoms in total. The van der Waals surface area contributed by atoms with Crippen LogP contribution in [0.25, 0.3) is 0 Å². The first-order valence-electron chi connectivity index (χ1n) is 6.39. The van der Waals surface area contributed by atoms with Gasteiger partial charge in [-0.15, -0.1) is 0 Å². The van der Waals surface area contributed by atoms with Crippen LogP contribution >= 0.6 is 0 Å². The molecule has 0 saturated carbocycles. The summed E-state index contributed by atoms with van der Waals surface area (Å²) in [6.45, 7) is 8.64. The van der Waals surface area contributed by atoms with Crippen LogP contribution in [0.1, 0.15) is 51.2 Å². The fourth-order valence-electron chi connectivity index (χ4n) is 2.16. The van der Waals surface area contributed by atoms with Crippen LogP contribution in [0, 0.1) is 18.3 Å². The number of hydrogen-bond donors (Lipinski definition) is 1. The number of nitrogens with one attached hydrogen (secondary N) is 1. The first-order valence-corrected chi connectivity index (χ1v) is 6.39. The standard InChI is InChI=1S/C15H22N2/c1-5-15(6-2,7-3)17-14-10-12(4)8-9-13(14)11-16/h8-10,17H,5-7H2,1-4H3. The second-order valence-electron chi connectivity index (χ2n) is 4.63. The maximum atomic E-state index is 9.13. The highest BCUT2D eigenvalue weighted by Gasteiger charge is 2.24. The Morgan fingerprint density at radius 3 is 2.24 bits per heavy atom. The van der Waals surface area contributed by atoms with Crippen molar-refractivity contribution in [2.45, 2.75) is 52.5 Å². The summed E-state index contributed by atoms with van der Waals surface area (Å²) >= 11 is 0. The first-order chi connectivity index (χ1) is 8.10. The van der Waals surface area contributed by atoms with Gasteiger partial charge < -0.3 is 5.32 Å². The molecule has 0 aliphatic heterocycles. The van der Waals surface area contributed by atoms with E-state index in [2.05, 4.69) is 45.1 Å². The van der Waals surface area contributed by atoms with Gasteiger partial charge in [-0.05, 0) is 43.9 Å². The van der Waals surface area contributed by atoms with E-state index in [1.807, 2.05) is 12.1 Å². The van der Waals surface area contributed by atoms with Gasteiger partial charge in [-0.1, -0.05) is 26.8 Å². The van der Waals surface area contributed by atoms with Crippen LogP contribution in [0.3, 0.4) is 0 Å². The molecule has 0 atom stereocenters. The van der Waals surface area contributed by atoms with Gasteiger partial charge >= 0.3 is 0 Å². The molecule has 0 heterocycles. The number of hydrogen-bond acceptors (Lipinski definition) is 2. The molecule has 0 saturated heterocycles. The summed E-state index contributed by atoms with van der Waals surface area (Å²) in [7, 11) is 0. The second kappa shape index (κ2) is 5.72. The molecule has 1 rings (SSSR count). The number of nitriles is 1. The molecule has 0 spiro atoms. The summed E-state index contributed by atoms with van der Waals surface area (Å²) in [5, 5.41) is 12.7. The maximum Gasteiger partial charge on any atom is 0.101 e. The Hall–Kier alpha value is -1.49. The SMILES string of the molecule is CCC(CC)(CC)Nc1cc(C)ccc1C#N. The molecule has 0 fully saturated rings. The van der Waals surface area contributed by atoms with Crippen LogP contribution in [0.5, 0.6) is 0 Å². The third-order valence-corrected chi connectivity index (χ3v) is 3.73. The van der Waals surface area contributed by atoms with Gasteiger partial charge in [0.05, 0.1) is 11.3 Å². The zero-order valence-electron chi connectivity index (χ0n) is 11.3. The maximum absolute atomic E-state index is 9.13. The highest BCUT2D eigenvalue weighted by Crippen LogP contribution is 2.28. The lowest BCUT2D eigenvalue weighted by Crippen LogP contribution is -2.36. The highest BCUT2D eigenvalue weighted by molar-refractivity contribution is 5.60. The predicted octanol–water partition coefficient (Wildman–Crippen LogP) is 4.25. The summed E-state index contributed by atoms with van der Waals surface area (Å²) < 4.78 is 0. The van der Waals surface area contributed by atoms with Gasteiger partial charge in [0.15, 0.2) is 0 Å². The molecule has 1 aromatic rings. The second-order valence-corrected chi connectivity index (χ2v) is 4.63. The van der Waals surface area contributed by atoms with Gasteiger partial charge in [0.2, 0.25) is 0 Å². The van der Waals surface area contributed by atoms with E-state index in [0.29, 0.717) is 0 Å². The molecular weight excluding hydrogens is 208 g/mol. The largest absolute Gasteiger partial charge is 0.379 e. The van der Waals surface area contributed by atoms with Gasteiger partial charge in [0.25, 0.3) is 0 Å². The van der Waals surface area contributed by atoms with Gasteiger partial charge in [0.1, 0.15) is 6.07 Å².